The van der Waals surface area contributed by atoms with E-state index in [9.17, 15) is 9.18 Å². The van der Waals surface area contributed by atoms with E-state index in [0.717, 1.165) is 26.3 Å². The Bertz CT molecular complexity index is 1650. The molecule has 2 aromatic heterocycles. The molecule has 6 rings (SSSR count). The number of morpholine rings is 1. The third-order valence-corrected chi connectivity index (χ3v) is 8.21. The van der Waals surface area contributed by atoms with Crippen molar-refractivity contribution < 1.29 is 23.4 Å². The molecular formula is C30H27ClFN5O4S. The molecule has 2 aliphatic heterocycles. The predicted molar refractivity (Wildman–Crippen MR) is 159 cm³/mol. The van der Waals surface area contributed by atoms with Crippen LogP contribution in [0.15, 0.2) is 54.9 Å². The Balaban J connectivity index is 1.07. The number of aromatic nitrogens is 2. The van der Waals surface area contributed by atoms with Gasteiger partial charge in [-0.3, -0.25) is 5.32 Å². The highest BCUT2D eigenvalue weighted by Crippen LogP contribution is 2.32. The fraction of sp³-hybridized carbons (Fsp3) is 0.300. The van der Waals surface area contributed by atoms with E-state index in [2.05, 4.69) is 32.4 Å². The van der Waals surface area contributed by atoms with Crippen LogP contribution in [-0.4, -0.2) is 66.0 Å². The zero-order chi connectivity index (χ0) is 28.9. The maximum atomic E-state index is 13.4. The molecule has 0 spiro atoms. The zero-order valence-electron chi connectivity index (χ0n) is 22.4. The van der Waals surface area contributed by atoms with Gasteiger partial charge in [-0.05, 0) is 30.3 Å². The summed E-state index contributed by atoms with van der Waals surface area (Å²) in [6.45, 7) is 2.97. The van der Waals surface area contributed by atoms with E-state index in [4.69, 9.17) is 25.8 Å². The molecule has 2 fully saturated rings. The third-order valence-electron chi connectivity index (χ3n) is 6.81. The maximum absolute atomic E-state index is 13.4. The SMILES string of the molecule is O=C(OC1CNC(C#Cc2cc3ncnc(Nc4ccc(COc5cccc(F)c5)c(Cl)c4)c3s2)C1)N1CCOCC1. The lowest BCUT2D eigenvalue weighted by Crippen LogP contribution is -2.42. The molecule has 2 unspecified atom stereocenters. The minimum absolute atomic E-state index is 0.0769. The average Bonchev–Trinajstić information content (AvgIpc) is 3.63. The molecule has 12 heteroatoms. The van der Waals surface area contributed by atoms with E-state index < -0.39 is 0 Å². The van der Waals surface area contributed by atoms with Crippen LogP contribution in [0.3, 0.4) is 0 Å². The number of nitrogens with one attached hydrogen (secondary N) is 2. The highest BCUT2D eigenvalue weighted by Gasteiger charge is 2.28. The van der Waals surface area contributed by atoms with E-state index in [1.165, 1.54) is 29.8 Å². The van der Waals surface area contributed by atoms with Gasteiger partial charge in [-0.15, -0.1) is 11.3 Å². The molecule has 2 N–H and O–H groups in total. The minimum atomic E-state index is -0.358. The molecular weight excluding hydrogens is 581 g/mol. The first-order chi connectivity index (χ1) is 20.5. The second-order valence-corrected chi connectivity index (χ2v) is 11.3. The predicted octanol–water partition coefficient (Wildman–Crippen LogP) is 5.36. The summed E-state index contributed by atoms with van der Waals surface area (Å²) in [7, 11) is 0. The number of carbonyl (C=O) groups is 1. The fourth-order valence-corrected chi connectivity index (χ4v) is 5.78. The number of hydrogen-bond donors (Lipinski definition) is 2. The maximum Gasteiger partial charge on any atom is 0.410 e. The van der Waals surface area contributed by atoms with Gasteiger partial charge in [-0.1, -0.05) is 35.6 Å². The number of amides is 1. The molecule has 2 atom stereocenters. The molecule has 2 aliphatic rings. The summed E-state index contributed by atoms with van der Waals surface area (Å²) >= 11 is 8.01. The standard InChI is InChI=1S/C30H27ClFN5O4S/c31-26-14-22(5-4-19(26)17-40-23-3-1-2-20(32)12-23)36-29-28-27(34-18-35-29)15-25(42-28)7-6-21-13-24(16-33-21)41-30(38)37-8-10-39-11-9-37/h1-5,12,14-15,18,21,24,33H,8-11,13,16-17H2,(H,34,35,36). The van der Waals surface area contributed by atoms with Crippen molar-refractivity contribution in [1.29, 1.82) is 0 Å². The van der Waals surface area contributed by atoms with Gasteiger partial charge in [0, 0.05) is 48.4 Å². The Labute approximate surface area is 251 Å². The number of carbonyl (C=O) groups excluding carboxylic acids is 1. The lowest BCUT2D eigenvalue weighted by Gasteiger charge is -2.27. The molecule has 4 heterocycles. The van der Waals surface area contributed by atoms with Gasteiger partial charge in [-0.2, -0.15) is 0 Å². The third kappa shape index (κ3) is 6.91. The fourth-order valence-electron chi connectivity index (χ4n) is 4.63. The molecule has 1 amide bonds. The molecule has 0 radical (unpaired) electrons. The summed E-state index contributed by atoms with van der Waals surface area (Å²) < 4.78 is 30.9. The van der Waals surface area contributed by atoms with E-state index in [1.54, 1.807) is 23.1 Å². The summed E-state index contributed by atoms with van der Waals surface area (Å²) in [6.07, 6.45) is 1.62. The molecule has 0 saturated carbocycles. The summed E-state index contributed by atoms with van der Waals surface area (Å²) in [5, 5.41) is 7.16. The van der Waals surface area contributed by atoms with Crippen LogP contribution in [0.4, 0.5) is 20.7 Å². The zero-order valence-corrected chi connectivity index (χ0v) is 24.0. The van der Waals surface area contributed by atoms with Crippen molar-refractivity contribution in [3.05, 3.63) is 76.1 Å². The smallest absolute Gasteiger partial charge is 0.410 e. The number of thiophene rings is 1. The first-order valence-corrected chi connectivity index (χ1v) is 14.7. The summed E-state index contributed by atoms with van der Waals surface area (Å²) in [5.41, 5.74) is 2.31. The molecule has 0 aliphatic carbocycles. The quantitative estimate of drug-likeness (QED) is 0.283. The van der Waals surface area contributed by atoms with Crippen LogP contribution in [-0.2, 0) is 16.1 Å². The van der Waals surface area contributed by atoms with Gasteiger partial charge in [0.1, 0.15) is 30.6 Å². The Morgan fingerprint density at radius 3 is 2.93 bits per heavy atom. The molecule has 9 nitrogen and oxygen atoms in total. The number of rotatable bonds is 6. The Kier molecular flexibility index (Phi) is 8.67. The van der Waals surface area contributed by atoms with Crippen LogP contribution in [0, 0.1) is 17.7 Å². The number of nitrogens with zero attached hydrogens (tertiary/aromatic N) is 3. The average molecular weight is 608 g/mol. The topological polar surface area (TPSA) is 97.8 Å². The van der Waals surface area contributed by atoms with Crippen molar-refractivity contribution in [2.75, 3.05) is 38.2 Å². The van der Waals surface area contributed by atoms with Crippen molar-refractivity contribution in [2.45, 2.75) is 25.2 Å². The highest BCUT2D eigenvalue weighted by molar-refractivity contribution is 7.20. The van der Waals surface area contributed by atoms with Crippen LogP contribution >= 0.6 is 22.9 Å². The summed E-state index contributed by atoms with van der Waals surface area (Å²) in [4.78, 5) is 23.7. The number of fused-ring (bicyclic) bond motifs is 1. The van der Waals surface area contributed by atoms with E-state index in [1.807, 2.05) is 18.2 Å². The van der Waals surface area contributed by atoms with Crippen molar-refractivity contribution in [1.82, 2.24) is 20.2 Å². The van der Waals surface area contributed by atoms with Crippen molar-refractivity contribution in [2.24, 2.45) is 0 Å². The number of anilines is 2. The highest BCUT2D eigenvalue weighted by atomic mass is 35.5. The van der Waals surface area contributed by atoms with E-state index in [0.29, 0.717) is 55.9 Å². The molecule has 216 valence electrons. The van der Waals surface area contributed by atoms with Gasteiger partial charge in [0.05, 0.1) is 34.3 Å². The number of halogens is 2. The monoisotopic (exact) mass is 607 g/mol. The molecule has 2 aromatic carbocycles. The number of hydrogen-bond acceptors (Lipinski definition) is 9. The van der Waals surface area contributed by atoms with Crippen LogP contribution in [0.2, 0.25) is 5.02 Å². The van der Waals surface area contributed by atoms with Crippen molar-refractivity contribution in [3.63, 3.8) is 0 Å². The molecule has 42 heavy (non-hydrogen) atoms. The van der Waals surface area contributed by atoms with Gasteiger partial charge in [0.15, 0.2) is 5.82 Å². The Hall–Kier alpha value is -3.95. The van der Waals surface area contributed by atoms with Crippen LogP contribution in [0.25, 0.3) is 10.2 Å². The van der Waals surface area contributed by atoms with Gasteiger partial charge < -0.3 is 24.4 Å². The first-order valence-electron chi connectivity index (χ1n) is 13.5. The molecule has 2 saturated heterocycles. The van der Waals surface area contributed by atoms with Crippen LogP contribution in [0.5, 0.6) is 5.75 Å². The van der Waals surface area contributed by atoms with Crippen LogP contribution in [0.1, 0.15) is 16.9 Å². The van der Waals surface area contributed by atoms with E-state index >= 15 is 0 Å². The van der Waals surface area contributed by atoms with Crippen molar-refractivity contribution >= 4 is 50.8 Å². The largest absolute Gasteiger partial charge is 0.489 e. The first kappa shape index (κ1) is 28.2. The Morgan fingerprint density at radius 1 is 1.21 bits per heavy atom. The lowest BCUT2D eigenvalue weighted by molar-refractivity contribution is 0.0156. The second-order valence-electron chi connectivity index (χ2n) is 9.80. The van der Waals surface area contributed by atoms with E-state index in [-0.39, 0.29) is 30.7 Å². The minimum Gasteiger partial charge on any atom is -0.489 e. The van der Waals surface area contributed by atoms with Crippen molar-refractivity contribution in [3.8, 4) is 17.6 Å². The van der Waals surface area contributed by atoms with Gasteiger partial charge in [-0.25, -0.2) is 19.2 Å². The lowest BCUT2D eigenvalue weighted by atomic mass is 10.2. The number of ether oxygens (including phenoxy) is 3. The summed E-state index contributed by atoms with van der Waals surface area (Å²) in [5.74, 6) is 7.21. The normalized spacial score (nSPS) is 18.4. The van der Waals surface area contributed by atoms with Crippen LogP contribution < -0.4 is 15.4 Å². The second kappa shape index (κ2) is 12.9. The Morgan fingerprint density at radius 2 is 2.10 bits per heavy atom. The number of benzene rings is 2. The van der Waals surface area contributed by atoms with Gasteiger partial charge >= 0.3 is 6.09 Å². The van der Waals surface area contributed by atoms with Gasteiger partial charge in [0.25, 0.3) is 0 Å². The summed E-state index contributed by atoms with van der Waals surface area (Å²) in [6, 6.07) is 13.4. The molecule has 4 aromatic rings. The molecule has 0 bridgehead atoms. The van der Waals surface area contributed by atoms with Gasteiger partial charge in [0.2, 0.25) is 0 Å².